The van der Waals surface area contributed by atoms with Gasteiger partial charge in [-0.1, -0.05) is 0 Å². The Hall–Kier alpha value is -1.36. The SMILES string of the molecule is CNC1CCCC(C)(C)N(c2cocn2)C1=O. The fraction of sp³-hybridized carbons (Fsp3) is 0.667. The fourth-order valence-electron chi connectivity index (χ4n) is 2.44. The van der Waals surface area contributed by atoms with E-state index in [-0.39, 0.29) is 17.5 Å². The molecule has 0 saturated carbocycles. The summed E-state index contributed by atoms with van der Waals surface area (Å²) >= 11 is 0. The maximum atomic E-state index is 12.5. The lowest BCUT2D eigenvalue weighted by Crippen LogP contribution is -2.52. The molecule has 1 atom stereocenters. The van der Waals surface area contributed by atoms with Gasteiger partial charge in [0, 0.05) is 5.54 Å². The molecule has 0 bridgehead atoms. The van der Waals surface area contributed by atoms with Gasteiger partial charge in [-0.3, -0.25) is 9.69 Å². The van der Waals surface area contributed by atoms with Crippen LogP contribution in [0.5, 0.6) is 0 Å². The Labute approximate surface area is 101 Å². The average Bonchev–Trinajstić information content (AvgIpc) is 2.73. The van der Waals surface area contributed by atoms with Crippen LogP contribution < -0.4 is 10.2 Å². The zero-order chi connectivity index (χ0) is 12.5. The van der Waals surface area contributed by atoms with Crippen LogP contribution in [0.25, 0.3) is 0 Å². The van der Waals surface area contributed by atoms with E-state index in [0.717, 1.165) is 19.3 Å². The molecule has 2 rings (SSSR count). The van der Waals surface area contributed by atoms with Crippen LogP contribution in [-0.2, 0) is 4.79 Å². The van der Waals surface area contributed by atoms with Gasteiger partial charge in [-0.05, 0) is 40.2 Å². The molecule has 0 radical (unpaired) electrons. The molecular weight excluding hydrogens is 218 g/mol. The number of anilines is 1. The third kappa shape index (κ3) is 2.20. The highest BCUT2D eigenvalue weighted by Gasteiger charge is 2.39. The number of nitrogens with zero attached hydrogens (tertiary/aromatic N) is 2. The van der Waals surface area contributed by atoms with E-state index < -0.39 is 0 Å². The van der Waals surface area contributed by atoms with Gasteiger partial charge in [0.15, 0.2) is 12.2 Å². The molecule has 94 valence electrons. The van der Waals surface area contributed by atoms with E-state index in [0.29, 0.717) is 5.82 Å². The zero-order valence-electron chi connectivity index (χ0n) is 10.6. The first-order valence-corrected chi connectivity index (χ1v) is 5.96. The molecular formula is C12H19N3O2. The van der Waals surface area contributed by atoms with Crippen molar-refractivity contribution in [1.82, 2.24) is 10.3 Å². The second kappa shape index (κ2) is 4.49. The molecule has 0 aliphatic carbocycles. The summed E-state index contributed by atoms with van der Waals surface area (Å²) in [7, 11) is 1.82. The topological polar surface area (TPSA) is 58.4 Å². The minimum atomic E-state index is -0.223. The average molecular weight is 237 g/mol. The number of nitrogens with one attached hydrogen (secondary N) is 1. The first-order chi connectivity index (χ1) is 8.06. The molecule has 5 heteroatoms. The molecule has 1 aliphatic rings. The van der Waals surface area contributed by atoms with Gasteiger partial charge in [0.25, 0.3) is 0 Å². The maximum absolute atomic E-state index is 12.5. The number of rotatable bonds is 2. The Morgan fingerprint density at radius 1 is 1.59 bits per heavy atom. The number of carbonyl (C=O) groups is 1. The number of carbonyl (C=O) groups excluding carboxylic acids is 1. The molecule has 0 spiro atoms. The van der Waals surface area contributed by atoms with Crippen LogP contribution in [0.1, 0.15) is 33.1 Å². The minimum Gasteiger partial charge on any atom is -0.449 e. The van der Waals surface area contributed by atoms with Gasteiger partial charge in [0.05, 0.1) is 6.04 Å². The molecule has 1 aliphatic heterocycles. The molecule has 1 aromatic rings. The Kier molecular flexibility index (Phi) is 3.19. The van der Waals surface area contributed by atoms with Gasteiger partial charge in [0.2, 0.25) is 5.91 Å². The molecule has 1 unspecified atom stereocenters. The lowest BCUT2D eigenvalue weighted by atomic mass is 9.97. The van der Waals surface area contributed by atoms with Gasteiger partial charge >= 0.3 is 0 Å². The van der Waals surface area contributed by atoms with E-state index in [1.165, 1.54) is 12.7 Å². The van der Waals surface area contributed by atoms with Gasteiger partial charge in [-0.25, -0.2) is 0 Å². The third-order valence-corrected chi connectivity index (χ3v) is 3.40. The summed E-state index contributed by atoms with van der Waals surface area (Å²) in [6.07, 6.45) is 5.74. The second-order valence-corrected chi connectivity index (χ2v) is 5.07. The Bertz CT molecular complexity index is 386. The van der Waals surface area contributed by atoms with Crippen molar-refractivity contribution >= 4 is 11.7 Å². The maximum Gasteiger partial charge on any atom is 0.245 e. The summed E-state index contributed by atoms with van der Waals surface area (Å²) in [5.74, 6) is 0.672. The summed E-state index contributed by atoms with van der Waals surface area (Å²) in [5, 5.41) is 3.07. The zero-order valence-corrected chi connectivity index (χ0v) is 10.6. The van der Waals surface area contributed by atoms with E-state index >= 15 is 0 Å². The highest BCUT2D eigenvalue weighted by atomic mass is 16.3. The van der Waals surface area contributed by atoms with Crippen molar-refractivity contribution in [2.24, 2.45) is 0 Å². The third-order valence-electron chi connectivity index (χ3n) is 3.40. The number of amides is 1. The monoisotopic (exact) mass is 237 g/mol. The van der Waals surface area contributed by atoms with E-state index in [2.05, 4.69) is 24.1 Å². The predicted molar refractivity (Wildman–Crippen MR) is 64.8 cm³/mol. The number of oxazole rings is 1. The van der Waals surface area contributed by atoms with Crippen molar-refractivity contribution in [3.05, 3.63) is 12.7 Å². The Morgan fingerprint density at radius 2 is 2.35 bits per heavy atom. The lowest BCUT2D eigenvalue weighted by Gasteiger charge is -2.36. The summed E-state index contributed by atoms with van der Waals surface area (Å²) in [6, 6.07) is -0.131. The summed E-state index contributed by atoms with van der Waals surface area (Å²) in [5.41, 5.74) is -0.223. The van der Waals surface area contributed by atoms with Crippen molar-refractivity contribution in [3.63, 3.8) is 0 Å². The highest BCUT2D eigenvalue weighted by Crippen LogP contribution is 2.31. The van der Waals surface area contributed by atoms with Crippen molar-refractivity contribution in [2.45, 2.75) is 44.7 Å². The molecule has 1 amide bonds. The summed E-state index contributed by atoms with van der Waals surface area (Å²) in [4.78, 5) is 18.3. The Balaban J connectivity index is 2.37. The van der Waals surface area contributed by atoms with Crippen LogP contribution in [0.2, 0.25) is 0 Å². The van der Waals surface area contributed by atoms with Gasteiger partial charge in [-0.2, -0.15) is 4.98 Å². The molecule has 17 heavy (non-hydrogen) atoms. The van der Waals surface area contributed by atoms with Gasteiger partial charge < -0.3 is 9.73 Å². The van der Waals surface area contributed by atoms with Crippen molar-refractivity contribution in [2.75, 3.05) is 11.9 Å². The number of hydrogen-bond acceptors (Lipinski definition) is 4. The smallest absolute Gasteiger partial charge is 0.245 e. The highest BCUT2D eigenvalue weighted by molar-refractivity contribution is 5.97. The normalized spacial score (nSPS) is 24.8. The Morgan fingerprint density at radius 3 is 2.94 bits per heavy atom. The first-order valence-electron chi connectivity index (χ1n) is 5.96. The van der Waals surface area contributed by atoms with Crippen molar-refractivity contribution in [1.29, 1.82) is 0 Å². The van der Waals surface area contributed by atoms with Crippen LogP contribution in [0.15, 0.2) is 17.1 Å². The van der Waals surface area contributed by atoms with Crippen LogP contribution in [0.4, 0.5) is 5.82 Å². The van der Waals surface area contributed by atoms with E-state index in [4.69, 9.17) is 4.42 Å². The van der Waals surface area contributed by atoms with Crippen LogP contribution in [0, 0.1) is 0 Å². The summed E-state index contributed by atoms with van der Waals surface area (Å²) < 4.78 is 4.99. The summed E-state index contributed by atoms with van der Waals surface area (Å²) in [6.45, 7) is 4.13. The van der Waals surface area contributed by atoms with Crippen LogP contribution in [-0.4, -0.2) is 29.5 Å². The standard InChI is InChI=1S/C12H19N3O2/c1-12(2)6-4-5-9(13-3)11(16)15(12)10-7-17-8-14-10/h7-9,13H,4-6H2,1-3H3. The first kappa shape index (κ1) is 12.1. The molecule has 2 heterocycles. The molecule has 1 fully saturated rings. The van der Waals surface area contributed by atoms with E-state index in [1.807, 2.05) is 7.05 Å². The van der Waals surface area contributed by atoms with Crippen molar-refractivity contribution < 1.29 is 9.21 Å². The predicted octanol–water partition coefficient (Wildman–Crippen LogP) is 1.56. The number of hydrogen-bond donors (Lipinski definition) is 1. The van der Waals surface area contributed by atoms with Crippen LogP contribution >= 0.6 is 0 Å². The van der Waals surface area contributed by atoms with E-state index in [1.54, 1.807) is 4.90 Å². The largest absolute Gasteiger partial charge is 0.449 e. The minimum absolute atomic E-state index is 0.0731. The molecule has 1 N–H and O–H groups in total. The molecule has 1 saturated heterocycles. The molecule has 0 aromatic carbocycles. The molecule has 1 aromatic heterocycles. The fourth-order valence-corrected chi connectivity index (χ4v) is 2.44. The quantitative estimate of drug-likeness (QED) is 0.848. The van der Waals surface area contributed by atoms with Crippen LogP contribution in [0.3, 0.4) is 0 Å². The van der Waals surface area contributed by atoms with Gasteiger partial charge in [-0.15, -0.1) is 0 Å². The van der Waals surface area contributed by atoms with E-state index in [9.17, 15) is 4.79 Å². The lowest BCUT2D eigenvalue weighted by molar-refractivity contribution is -0.121. The number of aromatic nitrogens is 1. The van der Waals surface area contributed by atoms with Gasteiger partial charge in [0.1, 0.15) is 6.26 Å². The molecule has 5 nitrogen and oxygen atoms in total. The second-order valence-electron chi connectivity index (χ2n) is 5.07. The van der Waals surface area contributed by atoms with Crippen molar-refractivity contribution in [3.8, 4) is 0 Å². The number of likely N-dealkylation sites (N-methyl/N-ethyl adjacent to an activating group) is 1.